The van der Waals surface area contributed by atoms with Crippen LogP contribution in [-0.4, -0.2) is 24.0 Å². The highest BCUT2D eigenvalue weighted by molar-refractivity contribution is 5.90. The number of aromatic nitrogens is 1. The van der Waals surface area contributed by atoms with Crippen molar-refractivity contribution in [3.63, 3.8) is 0 Å². The summed E-state index contributed by atoms with van der Waals surface area (Å²) in [4.78, 5) is 16.3. The van der Waals surface area contributed by atoms with Gasteiger partial charge < -0.3 is 10.6 Å². The molecule has 0 saturated carbocycles. The zero-order chi connectivity index (χ0) is 17.5. The van der Waals surface area contributed by atoms with Crippen LogP contribution < -0.4 is 10.6 Å². The van der Waals surface area contributed by atoms with Gasteiger partial charge in [-0.3, -0.25) is 9.78 Å². The van der Waals surface area contributed by atoms with Crippen LogP contribution in [0.15, 0.2) is 60.8 Å². The molecule has 0 aliphatic rings. The van der Waals surface area contributed by atoms with E-state index in [1.807, 2.05) is 30.3 Å². The van der Waals surface area contributed by atoms with Crippen molar-refractivity contribution >= 4 is 22.5 Å². The lowest BCUT2D eigenvalue weighted by Crippen LogP contribution is -2.27. The molecule has 0 fully saturated rings. The van der Waals surface area contributed by atoms with Crippen LogP contribution in [0.4, 0.5) is 10.1 Å². The van der Waals surface area contributed by atoms with Gasteiger partial charge in [-0.1, -0.05) is 30.3 Å². The minimum atomic E-state index is -0.248. The van der Waals surface area contributed by atoms with Crippen molar-refractivity contribution in [2.75, 3.05) is 18.4 Å². The Kier molecular flexibility index (Phi) is 5.57. The van der Waals surface area contributed by atoms with Crippen molar-refractivity contribution in [1.82, 2.24) is 10.3 Å². The smallest absolute Gasteiger partial charge is 0.221 e. The highest BCUT2D eigenvalue weighted by Crippen LogP contribution is 2.20. The fourth-order valence-corrected chi connectivity index (χ4v) is 2.64. The summed E-state index contributed by atoms with van der Waals surface area (Å²) in [6, 6.07) is 16.2. The topological polar surface area (TPSA) is 54.0 Å². The molecule has 5 heteroatoms. The van der Waals surface area contributed by atoms with E-state index >= 15 is 0 Å². The van der Waals surface area contributed by atoms with E-state index in [0.29, 0.717) is 25.9 Å². The van der Waals surface area contributed by atoms with Gasteiger partial charge in [0.05, 0.1) is 11.2 Å². The normalized spacial score (nSPS) is 10.6. The number of carbonyl (C=O) groups excluding carboxylic acids is 1. The molecule has 0 saturated heterocycles. The second-order valence-corrected chi connectivity index (χ2v) is 5.78. The molecule has 0 spiro atoms. The van der Waals surface area contributed by atoms with E-state index in [0.717, 1.165) is 22.2 Å². The highest BCUT2D eigenvalue weighted by atomic mass is 19.1. The van der Waals surface area contributed by atoms with Crippen molar-refractivity contribution in [2.45, 2.75) is 12.8 Å². The monoisotopic (exact) mass is 337 g/mol. The molecule has 4 nitrogen and oxygen atoms in total. The van der Waals surface area contributed by atoms with Crippen LogP contribution in [-0.2, 0) is 11.2 Å². The standard InChI is InChI=1S/C20H20FN3O/c21-17-8-6-15(7-9-17)10-13-23-19(25)11-14-22-18-5-1-3-16-4-2-12-24-20(16)18/h1-9,12,22H,10-11,13-14H2,(H,23,25). The van der Waals surface area contributed by atoms with E-state index in [1.54, 1.807) is 18.3 Å². The van der Waals surface area contributed by atoms with E-state index in [2.05, 4.69) is 15.6 Å². The number of carbonyl (C=O) groups is 1. The summed E-state index contributed by atoms with van der Waals surface area (Å²) in [5, 5.41) is 7.21. The highest BCUT2D eigenvalue weighted by Gasteiger charge is 2.04. The third-order valence-electron chi connectivity index (χ3n) is 3.95. The summed E-state index contributed by atoms with van der Waals surface area (Å²) < 4.78 is 12.8. The predicted molar refractivity (Wildman–Crippen MR) is 98.0 cm³/mol. The fourth-order valence-electron chi connectivity index (χ4n) is 2.64. The van der Waals surface area contributed by atoms with Gasteiger partial charge in [0.2, 0.25) is 5.91 Å². The minimum Gasteiger partial charge on any atom is -0.383 e. The molecule has 3 aromatic rings. The summed E-state index contributed by atoms with van der Waals surface area (Å²) in [5.74, 6) is -0.260. The predicted octanol–water partition coefficient (Wildman–Crippen LogP) is 3.53. The van der Waals surface area contributed by atoms with Crippen molar-refractivity contribution in [3.8, 4) is 0 Å². The number of amides is 1. The lowest BCUT2D eigenvalue weighted by Gasteiger charge is -2.09. The van der Waals surface area contributed by atoms with Crippen molar-refractivity contribution in [1.29, 1.82) is 0 Å². The van der Waals surface area contributed by atoms with E-state index in [4.69, 9.17) is 0 Å². The third-order valence-corrected chi connectivity index (χ3v) is 3.95. The van der Waals surface area contributed by atoms with Gasteiger partial charge in [0, 0.05) is 31.1 Å². The van der Waals surface area contributed by atoms with Crippen molar-refractivity contribution in [3.05, 3.63) is 72.2 Å². The van der Waals surface area contributed by atoms with Gasteiger partial charge >= 0.3 is 0 Å². The Morgan fingerprint density at radius 1 is 1.00 bits per heavy atom. The van der Waals surface area contributed by atoms with Gasteiger partial charge in [0.1, 0.15) is 5.82 Å². The van der Waals surface area contributed by atoms with Crippen LogP contribution in [0.1, 0.15) is 12.0 Å². The number of nitrogens with zero attached hydrogens (tertiary/aromatic N) is 1. The molecule has 0 aliphatic heterocycles. The minimum absolute atomic E-state index is 0.0113. The van der Waals surface area contributed by atoms with E-state index < -0.39 is 0 Å². The van der Waals surface area contributed by atoms with Gasteiger partial charge in [0.15, 0.2) is 0 Å². The molecular weight excluding hydrogens is 317 g/mol. The lowest BCUT2D eigenvalue weighted by atomic mass is 10.1. The zero-order valence-corrected chi connectivity index (χ0v) is 13.8. The summed E-state index contributed by atoms with van der Waals surface area (Å²) in [7, 11) is 0. The Hall–Kier alpha value is -2.95. The van der Waals surface area contributed by atoms with Crippen LogP contribution in [0.3, 0.4) is 0 Å². The largest absolute Gasteiger partial charge is 0.383 e. The average Bonchev–Trinajstić information content (AvgIpc) is 2.64. The number of pyridine rings is 1. The number of rotatable bonds is 7. The molecule has 25 heavy (non-hydrogen) atoms. The first-order chi connectivity index (χ1) is 12.2. The molecule has 1 heterocycles. The molecule has 0 radical (unpaired) electrons. The summed E-state index contributed by atoms with van der Waals surface area (Å²) >= 11 is 0. The van der Waals surface area contributed by atoms with Crippen molar-refractivity contribution in [2.24, 2.45) is 0 Å². The second kappa shape index (κ2) is 8.24. The van der Waals surface area contributed by atoms with E-state index in [-0.39, 0.29) is 11.7 Å². The van der Waals surface area contributed by atoms with E-state index in [1.165, 1.54) is 12.1 Å². The van der Waals surface area contributed by atoms with Crippen LogP contribution in [0.5, 0.6) is 0 Å². The Labute approximate surface area is 146 Å². The first kappa shape index (κ1) is 16.9. The van der Waals surface area contributed by atoms with Crippen LogP contribution in [0, 0.1) is 5.82 Å². The van der Waals surface area contributed by atoms with Crippen LogP contribution in [0.2, 0.25) is 0 Å². The molecule has 0 atom stereocenters. The Bertz CT molecular complexity index is 844. The zero-order valence-electron chi connectivity index (χ0n) is 13.8. The molecule has 2 aromatic carbocycles. The first-order valence-corrected chi connectivity index (χ1v) is 8.31. The molecule has 128 valence electrons. The number of hydrogen-bond donors (Lipinski definition) is 2. The number of benzene rings is 2. The molecule has 1 amide bonds. The van der Waals surface area contributed by atoms with Crippen LogP contribution in [0.25, 0.3) is 10.9 Å². The molecule has 0 bridgehead atoms. The number of para-hydroxylation sites is 1. The lowest BCUT2D eigenvalue weighted by molar-refractivity contribution is -0.120. The molecular formula is C20H20FN3O. The summed E-state index contributed by atoms with van der Waals surface area (Å²) in [5.41, 5.74) is 2.83. The molecule has 0 unspecified atom stereocenters. The molecule has 2 N–H and O–H groups in total. The number of anilines is 1. The Morgan fingerprint density at radius 2 is 1.80 bits per heavy atom. The number of hydrogen-bond acceptors (Lipinski definition) is 3. The van der Waals surface area contributed by atoms with Gasteiger partial charge in [-0.25, -0.2) is 4.39 Å². The van der Waals surface area contributed by atoms with Gasteiger partial charge in [-0.15, -0.1) is 0 Å². The van der Waals surface area contributed by atoms with E-state index in [9.17, 15) is 9.18 Å². The number of nitrogens with one attached hydrogen (secondary N) is 2. The molecule has 3 rings (SSSR count). The molecule has 0 aliphatic carbocycles. The summed E-state index contributed by atoms with van der Waals surface area (Å²) in [6.45, 7) is 1.08. The number of halogens is 1. The maximum absolute atomic E-state index is 12.8. The SMILES string of the molecule is O=C(CCNc1cccc2cccnc12)NCCc1ccc(F)cc1. The Balaban J connectivity index is 1.42. The van der Waals surface area contributed by atoms with Crippen molar-refractivity contribution < 1.29 is 9.18 Å². The maximum Gasteiger partial charge on any atom is 0.221 e. The number of fused-ring (bicyclic) bond motifs is 1. The first-order valence-electron chi connectivity index (χ1n) is 8.31. The Morgan fingerprint density at radius 3 is 2.64 bits per heavy atom. The van der Waals surface area contributed by atoms with Gasteiger partial charge in [-0.05, 0) is 36.2 Å². The fraction of sp³-hybridized carbons (Fsp3) is 0.200. The van der Waals surface area contributed by atoms with Gasteiger partial charge in [-0.2, -0.15) is 0 Å². The van der Waals surface area contributed by atoms with Crippen LogP contribution >= 0.6 is 0 Å². The second-order valence-electron chi connectivity index (χ2n) is 5.78. The quantitative estimate of drug-likeness (QED) is 0.693. The third kappa shape index (κ3) is 4.76. The maximum atomic E-state index is 12.8. The molecule has 1 aromatic heterocycles. The summed E-state index contributed by atoms with van der Waals surface area (Å²) in [6.07, 6.45) is 2.83. The average molecular weight is 337 g/mol. The van der Waals surface area contributed by atoms with Gasteiger partial charge in [0.25, 0.3) is 0 Å².